The summed E-state index contributed by atoms with van der Waals surface area (Å²) in [5.74, 6) is 4.43. The van der Waals surface area contributed by atoms with E-state index in [0.29, 0.717) is 6.42 Å². The Morgan fingerprint density at radius 3 is 2.44 bits per heavy atom. The lowest BCUT2D eigenvalue weighted by Crippen LogP contribution is -2.47. The van der Waals surface area contributed by atoms with Crippen LogP contribution in [0.15, 0.2) is 0 Å². The van der Waals surface area contributed by atoms with Crippen molar-refractivity contribution in [1.29, 1.82) is 0 Å². The molecule has 2 N–H and O–H groups in total. The second-order valence-corrected chi connectivity index (χ2v) is 7.16. The highest BCUT2D eigenvalue weighted by Gasteiger charge is 2.64. The second-order valence-electron chi connectivity index (χ2n) is 5.47. The van der Waals surface area contributed by atoms with Crippen LogP contribution in [0.5, 0.6) is 0 Å². The normalized spacial score (nSPS) is 41.6. The van der Waals surface area contributed by atoms with Crippen molar-refractivity contribution in [3.63, 3.8) is 0 Å². The lowest BCUT2D eigenvalue weighted by Gasteiger charge is -2.38. The van der Waals surface area contributed by atoms with Crippen LogP contribution >= 0.6 is 0 Å². The summed E-state index contributed by atoms with van der Waals surface area (Å²) in [5, 5.41) is -1.06. The van der Waals surface area contributed by atoms with E-state index in [1.54, 1.807) is 0 Å². The summed E-state index contributed by atoms with van der Waals surface area (Å²) in [4.78, 5) is 12.0. The third-order valence-electron chi connectivity index (χ3n) is 4.70. The van der Waals surface area contributed by atoms with Crippen LogP contribution in [0.2, 0.25) is 0 Å². The number of ketones is 1. The van der Waals surface area contributed by atoms with Crippen LogP contribution in [0.3, 0.4) is 0 Å². The topological polar surface area (TPSA) is 86.5 Å². The zero-order valence-electron chi connectivity index (χ0n) is 9.64. The minimum atomic E-state index is -3.94. The van der Waals surface area contributed by atoms with Crippen LogP contribution in [0.1, 0.15) is 27.2 Å². The molecule has 0 aromatic rings. The fraction of sp³-hybridized carbons (Fsp3) is 0.900. The first kappa shape index (κ1) is 12.0. The number of carbonyl (C=O) groups is 1. The molecule has 6 heteroatoms. The second kappa shape index (κ2) is 3.27. The molecule has 5 nitrogen and oxygen atoms in total. The predicted octanol–water partition coefficient (Wildman–Crippen LogP) is 0.456. The average Bonchev–Trinajstić information content (AvgIpc) is 2.64. The Labute approximate surface area is 95.4 Å². The van der Waals surface area contributed by atoms with Crippen molar-refractivity contribution >= 4 is 15.9 Å². The molecule has 2 aliphatic rings. The van der Waals surface area contributed by atoms with Gasteiger partial charge in [0.15, 0.2) is 5.78 Å². The van der Waals surface area contributed by atoms with Crippen molar-refractivity contribution in [3.05, 3.63) is 0 Å². The Hall–Kier alpha value is -0.460. The van der Waals surface area contributed by atoms with Crippen molar-refractivity contribution in [2.24, 2.45) is 29.1 Å². The van der Waals surface area contributed by atoms with E-state index >= 15 is 0 Å². The van der Waals surface area contributed by atoms with Crippen molar-refractivity contribution in [3.8, 4) is 0 Å². The summed E-state index contributed by atoms with van der Waals surface area (Å²) in [7, 11) is -3.94. The van der Waals surface area contributed by atoms with Crippen LogP contribution < -0.4 is 5.90 Å². The summed E-state index contributed by atoms with van der Waals surface area (Å²) in [6.07, 6.45) is 0.639. The molecule has 0 saturated heterocycles. The van der Waals surface area contributed by atoms with E-state index in [0.717, 1.165) is 0 Å². The molecular formula is C10H17NO4S. The summed E-state index contributed by atoms with van der Waals surface area (Å²) in [6, 6.07) is 0. The van der Waals surface area contributed by atoms with Gasteiger partial charge >= 0.3 is 0 Å². The maximum absolute atomic E-state index is 12.0. The van der Waals surface area contributed by atoms with Crippen molar-refractivity contribution in [2.45, 2.75) is 32.4 Å². The van der Waals surface area contributed by atoms with Crippen LogP contribution in [-0.2, 0) is 19.2 Å². The molecule has 0 spiro atoms. The molecule has 2 rings (SSSR count). The van der Waals surface area contributed by atoms with E-state index in [2.05, 4.69) is 4.28 Å². The maximum atomic E-state index is 12.0. The molecule has 0 aromatic carbocycles. The average molecular weight is 247 g/mol. The Morgan fingerprint density at radius 2 is 2.00 bits per heavy atom. The fourth-order valence-electron chi connectivity index (χ4n) is 3.33. The Morgan fingerprint density at radius 1 is 1.44 bits per heavy atom. The molecule has 0 radical (unpaired) electrons. The lowest BCUT2D eigenvalue weighted by molar-refractivity contribution is -0.125. The van der Waals surface area contributed by atoms with Crippen LogP contribution in [0, 0.1) is 23.2 Å². The van der Waals surface area contributed by atoms with Gasteiger partial charge in [-0.25, -0.2) is 0 Å². The number of nitrogens with two attached hydrogens (primary N) is 1. The molecule has 92 valence electrons. The van der Waals surface area contributed by atoms with E-state index in [-0.39, 0.29) is 29.0 Å². The molecule has 0 heterocycles. The summed E-state index contributed by atoms with van der Waals surface area (Å²) < 4.78 is 27.3. The predicted molar refractivity (Wildman–Crippen MR) is 57.5 cm³/mol. The summed E-state index contributed by atoms with van der Waals surface area (Å²) >= 11 is 0. The summed E-state index contributed by atoms with van der Waals surface area (Å²) in [5.41, 5.74) is -0.158. The van der Waals surface area contributed by atoms with Gasteiger partial charge in [-0.1, -0.05) is 20.8 Å². The van der Waals surface area contributed by atoms with Gasteiger partial charge in [0.1, 0.15) is 5.25 Å². The molecule has 2 aliphatic carbocycles. The maximum Gasteiger partial charge on any atom is 0.293 e. The van der Waals surface area contributed by atoms with Gasteiger partial charge in [0.25, 0.3) is 10.1 Å². The largest absolute Gasteiger partial charge is 0.298 e. The Kier molecular flexibility index (Phi) is 2.46. The first-order valence-electron chi connectivity index (χ1n) is 5.39. The zero-order chi connectivity index (χ0) is 12.3. The van der Waals surface area contributed by atoms with Crippen molar-refractivity contribution < 1.29 is 17.5 Å². The highest BCUT2D eigenvalue weighted by molar-refractivity contribution is 7.88. The molecule has 0 aliphatic heterocycles. The number of rotatable bonds is 2. The van der Waals surface area contributed by atoms with Gasteiger partial charge in [0.2, 0.25) is 0 Å². The fourth-order valence-corrected chi connectivity index (χ4v) is 4.77. The highest BCUT2D eigenvalue weighted by atomic mass is 32.2. The monoisotopic (exact) mass is 247 g/mol. The third kappa shape index (κ3) is 1.30. The smallest absolute Gasteiger partial charge is 0.293 e. The van der Waals surface area contributed by atoms with Crippen molar-refractivity contribution in [2.75, 3.05) is 0 Å². The van der Waals surface area contributed by atoms with Gasteiger partial charge in [-0.05, 0) is 23.7 Å². The molecule has 0 amide bonds. The lowest BCUT2D eigenvalue weighted by atomic mass is 9.69. The zero-order valence-corrected chi connectivity index (χ0v) is 10.5. The van der Waals surface area contributed by atoms with Crippen LogP contribution in [0.4, 0.5) is 0 Å². The third-order valence-corrected chi connectivity index (χ3v) is 6.15. The molecule has 4 unspecified atom stereocenters. The van der Waals surface area contributed by atoms with E-state index in [1.807, 2.05) is 20.8 Å². The van der Waals surface area contributed by atoms with E-state index in [1.165, 1.54) is 0 Å². The molecule has 2 fully saturated rings. The standard InChI is InChI=1S/C10H17NO4S/c1-5-6-4-7(10(5,2)3)9(8(6)12)16(13,14)15-11/h5-7,9H,4,11H2,1-3H3. The number of Topliss-reactive ketones (excluding diaryl/α,β-unsaturated/α-hetero) is 1. The van der Waals surface area contributed by atoms with E-state index in [9.17, 15) is 13.2 Å². The molecule has 2 bridgehead atoms. The van der Waals surface area contributed by atoms with E-state index in [4.69, 9.17) is 5.90 Å². The molecule has 4 atom stereocenters. The SMILES string of the molecule is CC1C2CC(C(S(=O)(=O)ON)C2=O)C1(C)C. The van der Waals surface area contributed by atoms with Gasteiger partial charge in [-0.15, -0.1) is 0 Å². The summed E-state index contributed by atoms with van der Waals surface area (Å²) in [6.45, 7) is 6.02. The molecular weight excluding hydrogens is 230 g/mol. The van der Waals surface area contributed by atoms with Gasteiger partial charge in [-0.3, -0.25) is 4.79 Å². The minimum Gasteiger partial charge on any atom is -0.298 e. The minimum absolute atomic E-state index is 0.157. The number of hydrogen-bond acceptors (Lipinski definition) is 5. The number of carbonyl (C=O) groups excluding carboxylic acids is 1. The van der Waals surface area contributed by atoms with Crippen molar-refractivity contribution in [1.82, 2.24) is 0 Å². The van der Waals surface area contributed by atoms with Gasteiger partial charge in [-0.2, -0.15) is 18.6 Å². The van der Waals surface area contributed by atoms with E-state index < -0.39 is 15.4 Å². The van der Waals surface area contributed by atoms with Gasteiger partial charge < -0.3 is 0 Å². The first-order chi connectivity index (χ1) is 7.23. The van der Waals surface area contributed by atoms with Crippen LogP contribution in [-0.4, -0.2) is 19.5 Å². The Balaban J connectivity index is 2.44. The molecule has 0 aromatic heterocycles. The highest BCUT2D eigenvalue weighted by Crippen LogP contribution is 2.59. The number of fused-ring (bicyclic) bond motifs is 2. The first-order valence-corrected chi connectivity index (χ1v) is 6.86. The molecule has 16 heavy (non-hydrogen) atoms. The Bertz CT molecular complexity index is 428. The molecule has 2 saturated carbocycles. The van der Waals surface area contributed by atoms with Gasteiger partial charge in [0.05, 0.1) is 0 Å². The number of hydrogen-bond donors (Lipinski definition) is 1. The van der Waals surface area contributed by atoms with Crippen LogP contribution in [0.25, 0.3) is 0 Å². The van der Waals surface area contributed by atoms with Gasteiger partial charge in [0, 0.05) is 5.92 Å². The quantitative estimate of drug-likeness (QED) is 0.716.